The van der Waals surface area contributed by atoms with Crippen LogP contribution in [0.4, 0.5) is 4.79 Å². The minimum atomic E-state index is -0.972. The van der Waals surface area contributed by atoms with Gasteiger partial charge in [-0.05, 0) is 55.0 Å². The maximum absolute atomic E-state index is 13.5. The maximum Gasteiger partial charge on any atom is 0.325 e. The number of nitrogens with one attached hydrogen (secondary N) is 1. The Morgan fingerprint density at radius 1 is 1.17 bits per heavy atom. The molecule has 1 aliphatic carbocycles. The molecular weight excluding hydrogens is 386 g/mol. The van der Waals surface area contributed by atoms with Crippen molar-refractivity contribution < 1.29 is 9.59 Å². The van der Waals surface area contributed by atoms with Crippen LogP contribution >= 0.6 is 11.6 Å². The van der Waals surface area contributed by atoms with Crippen molar-refractivity contribution in [1.29, 1.82) is 0 Å². The summed E-state index contributed by atoms with van der Waals surface area (Å²) in [6.07, 6.45) is 2.38. The topological polar surface area (TPSA) is 62.3 Å². The maximum atomic E-state index is 13.5. The largest absolute Gasteiger partial charge is 0.325 e. The highest BCUT2D eigenvalue weighted by molar-refractivity contribution is 6.30. The van der Waals surface area contributed by atoms with Crippen LogP contribution in [0.2, 0.25) is 5.15 Å². The monoisotopic (exact) mass is 405 g/mol. The number of hydrogen-bond acceptors (Lipinski definition) is 3. The SMILES string of the molecule is Cc1ccc2cc(CN3C(=O)NC4(CCCc5ccccc54)C3=O)c(Cl)nc2c1. The first-order chi connectivity index (χ1) is 14.0. The molecule has 1 fully saturated rings. The molecule has 1 saturated heterocycles. The molecule has 6 heteroatoms. The smallest absolute Gasteiger partial charge is 0.319 e. The number of nitrogens with zero attached hydrogens (tertiary/aromatic N) is 2. The van der Waals surface area contributed by atoms with Crippen LogP contribution in [0.25, 0.3) is 10.9 Å². The summed E-state index contributed by atoms with van der Waals surface area (Å²) in [6, 6.07) is 15.3. The van der Waals surface area contributed by atoms with Crippen LogP contribution in [-0.2, 0) is 23.3 Å². The van der Waals surface area contributed by atoms with Gasteiger partial charge in [-0.2, -0.15) is 0 Å². The van der Waals surface area contributed by atoms with E-state index in [1.165, 1.54) is 4.90 Å². The zero-order valence-electron chi connectivity index (χ0n) is 16.0. The molecule has 146 valence electrons. The van der Waals surface area contributed by atoms with Gasteiger partial charge in [-0.25, -0.2) is 9.78 Å². The molecule has 3 amide bonds. The van der Waals surface area contributed by atoms with Crippen molar-refractivity contribution in [3.63, 3.8) is 0 Å². The summed E-state index contributed by atoms with van der Waals surface area (Å²) in [6.45, 7) is 2.10. The lowest BCUT2D eigenvalue weighted by atomic mass is 9.76. The quantitative estimate of drug-likeness (QED) is 0.505. The van der Waals surface area contributed by atoms with E-state index in [1.54, 1.807) is 0 Å². The average Bonchev–Trinajstić information content (AvgIpc) is 2.94. The number of fused-ring (bicyclic) bond motifs is 3. The number of imide groups is 1. The Kier molecular flexibility index (Phi) is 4.10. The van der Waals surface area contributed by atoms with Gasteiger partial charge >= 0.3 is 6.03 Å². The summed E-state index contributed by atoms with van der Waals surface area (Å²) in [5, 5.41) is 4.23. The van der Waals surface area contributed by atoms with E-state index in [0.29, 0.717) is 17.1 Å². The molecule has 1 N–H and O–H groups in total. The van der Waals surface area contributed by atoms with E-state index in [1.807, 2.05) is 55.5 Å². The van der Waals surface area contributed by atoms with E-state index >= 15 is 0 Å². The molecule has 3 aromatic rings. The molecule has 1 aromatic heterocycles. The van der Waals surface area contributed by atoms with Gasteiger partial charge in [0.2, 0.25) is 0 Å². The lowest BCUT2D eigenvalue weighted by Crippen LogP contribution is -2.46. The Morgan fingerprint density at radius 2 is 2.00 bits per heavy atom. The van der Waals surface area contributed by atoms with E-state index in [4.69, 9.17) is 11.6 Å². The average molecular weight is 406 g/mol. The second kappa shape index (κ2) is 6.56. The molecule has 1 spiro atoms. The summed E-state index contributed by atoms with van der Waals surface area (Å²) in [5.41, 5.74) is 3.61. The van der Waals surface area contributed by atoms with Crippen LogP contribution in [0.15, 0.2) is 48.5 Å². The van der Waals surface area contributed by atoms with Gasteiger partial charge < -0.3 is 5.32 Å². The molecule has 0 bridgehead atoms. The first kappa shape index (κ1) is 18.1. The second-order valence-electron chi connectivity index (χ2n) is 7.87. The summed E-state index contributed by atoms with van der Waals surface area (Å²) in [5.74, 6) is -0.213. The lowest BCUT2D eigenvalue weighted by molar-refractivity contribution is -0.132. The molecule has 0 radical (unpaired) electrons. The third-order valence-corrected chi connectivity index (χ3v) is 6.31. The fourth-order valence-corrected chi connectivity index (χ4v) is 4.74. The minimum Gasteiger partial charge on any atom is -0.319 e. The Hall–Kier alpha value is -2.92. The third-order valence-electron chi connectivity index (χ3n) is 5.98. The van der Waals surface area contributed by atoms with Crippen LogP contribution in [0.1, 0.15) is 35.1 Å². The zero-order chi connectivity index (χ0) is 20.2. The second-order valence-corrected chi connectivity index (χ2v) is 8.23. The number of rotatable bonds is 2. The number of carbonyl (C=O) groups is 2. The van der Waals surface area contributed by atoms with Gasteiger partial charge in [-0.15, -0.1) is 0 Å². The molecule has 29 heavy (non-hydrogen) atoms. The van der Waals surface area contributed by atoms with Gasteiger partial charge in [0, 0.05) is 10.9 Å². The van der Waals surface area contributed by atoms with E-state index in [9.17, 15) is 9.59 Å². The van der Waals surface area contributed by atoms with Crippen LogP contribution in [0.3, 0.4) is 0 Å². The van der Waals surface area contributed by atoms with Crippen molar-refractivity contribution in [1.82, 2.24) is 15.2 Å². The van der Waals surface area contributed by atoms with Crippen LogP contribution in [-0.4, -0.2) is 21.8 Å². The van der Waals surface area contributed by atoms with E-state index in [-0.39, 0.29) is 18.5 Å². The summed E-state index contributed by atoms with van der Waals surface area (Å²) in [4.78, 5) is 32.0. The molecule has 5 rings (SSSR count). The van der Waals surface area contributed by atoms with E-state index in [2.05, 4.69) is 10.3 Å². The Bertz CT molecular complexity index is 1180. The summed E-state index contributed by atoms with van der Waals surface area (Å²) in [7, 11) is 0. The summed E-state index contributed by atoms with van der Waals surface area (Å²) >= 11 is 6.41. The molecule has 1 unspecified atom stereocenters. The lowest BCUT2D eigenvalue weighted by Gasteiger charge is -2.33. The standard InChI is InChI=1S/C23H20ClN3O2/c1-14-8-9-16-12-17(20(24)25-19(16)11-14)13-27-21(28)23(26-22(27)29)10-4-6-15-5-2-3-7-18(15)23/h2-3,5,7-9,11-12H,4,6,10,13H2,1H3,(H,26,29). The van der Waals surface area contributed by atoms with Crippen molar-refractivity contribution in [2.24, 2.45) is 0 Å². The molecule has 5 nitrogen and oxygen atoms in total. The van der Waals surface area contributed by atoms with Gasteiger partial charge in [-0.1, -0.05) is 48.0 Å². The van der Waals surface area contributed by atoms with Gasteiger partial charge in [-0.3, -0.25) is 9.69 Å². The third kappa shape index (κ3) is 2.80. The van der Waals surface area contributed by atoms with Crippen molar-refractivity contribution in [3.8, 4) is 0 Å². The number of urea groups is 1. The Balaban J connectivity index is 1.52. The fourth-order valence-electron chi connectivity index (χ4n) is 4.53. The van der Waals surface area contributed by atoms with Crippen molar-refractivity contribution in [3.05, 3.63) is 75.9 Å². The van der Waals surface area contributed by atoms with E-state index < -0.39 is 5.54 Å². The molecule has 0 saturated carbocycles. The predicted octanol–water partition coefficient (Wildman–Crippen LogP) is 4.48. The molecule has 2 aromatic carbocycles. The molecule has 2 aliphatic rings. The highest BCUT2D eigenvalue weighted by Crippen LogP contribution is 2.40. The predicted molar refractivity (Wildman–Crippen MR) is 112 cm³/mol. The van der Waals surface area contributed by atoms with Gasteiger partial charge in [0.1, 0.15) is 10.7 Å². The highest BCUT2D eigenvalue weighted by atomic mass is 35.5. The fraction of sp³-hybridized carbons (Fsp3) is 0.261. The number of carbonyl (C=O) groups excluding carboxylic acids is 2. The van der Waals surface area contributed by atoms with Gasteiger partial charge in [0.15, 0.2) is 0 Å². The number of aryl methyl sites for hydroxylation is 2. The molecule has 1 aliphatic heterocycles. The first-order valence-corrected chi connectivity index (χ1v) is 10.1. The normalized spacial score (nSPS) is 21.0. The van der Waals surface area contributed by atoms with Crippen LogP contribution < -0.4 is 5.32 Å². The van der Waals surface area contributed by atoms with E-state index in [0.717, 1.165) is 40.4 Å². The first-order valence-electron chi connectivity index (χ1n) is 9.76. The van der Waals surface area contributed by atoms with Crippen molar-refractivity contribution in [2.75, 3.05) is 0 Å². The summed E-state index contributed by atoms with van der Waals surface area (Å²) < 4.78 is 0. The molecular formula is C23H20ClN3O2. The van der Waals surface area contributed by atoms with Crippen molar-refractivity contribution in [2.45, 2.75) is 38.3 Å². The van der Waals surface area contributed by atoms with Crippen LogP contribution in [0, 0.1) is 6.92 Å². The number of amides is 3. The number of benzene rings is 2. The Morgan fingerprint density at radius 3 is 2.86 bits per heavy atom. The number of hydrogen-bond donors (Lipinski definition) is 1. The minimum absolute atomic E-state index is 0.101. The number of aromatic nitrogens is 1. The van der Waals surface area contributed by atoms with Crippen LogP contribution in [0.5, 0.6) is 0 Å². The zero-order valence-corrected chi connectivity index (χ0v) is 16.8. The van der Waals surface area contributed by atoms with Crippen molar-refractivity contribution >= 4 is 34.4 Å². The molecule has 1 atom stereocenters. The van der Waals surface area contributed by atoms with Gasteiger partial charge in [0.05, 0.1) is 12.1 Å². The Labute approximate surface area is 173 Å². The highest BCUT2D eigenvalue weighted by Gasteiger charge is 2.53. The number of halogens is 1. The number of pyridine rings is 1. The molecule has 2 heterocycles. The van der Waals surface area contributed by atoms with Gasteiger partial charge in [0.25, 0.3) is 5.91 Å².